The SMILES string of the molecule is CC(C)C1CCCN1c1cc(Br)nc(C(C)(C)C)n1. The quantitative estimate of drug-likeness (QED) is 0.764. The van der Waals surface area contributed by atoms with Crippen molar-refractivity contribution >= 4 is 21.7 Å². The normalized spacial score (nSPS) is 20.4. The smallest absolute Gasteiger partial charge is 0.137 e. The van der Waals surface area contributed by atoms with E-state index in [1.54, 1.807) is 0 Å². The van der Waals surface area contributed by atoms with Gasteiger partial charge in [0.05, 0.1) is 0 Å². The molecular weight excluding hydrogens is 302 g/mol. The Morgan fingerprint density at radius 1 is 1.32 bits per heavy atom. The van der Waals surface area contributed by atoms with Gasteiger partial charge in [0.25, 0.3) is 0 Å². The molecule has 0 amide bonds. The average Bonchev–Trinajstić information content (AvgIpc) is 2.75. The van der Waals surface area contributed by atoms with Gasteiger partial charge in [-0.2, -0.15) is 0 Å². The van der Waals surface area contributed by atoms with E-state index >= 15 is 0 Å². The van der Waals surface area contributed by atoms with Gasteiger partial charge in [-0.15, -0.1) is 0 Å². The minimum Gasteiger partial charge on any atom is -0.353 e. The van der Waals surface area contributed by atoms with E-state index in [0.717, 1.165) is 22.8 Å². The molecule has 4 heteroatoms. The Hall–Kier alpha value is -0.640. The molecule has 106 valence electrons. The molecule has 1 atom stereocenters. The Bertz CT molecular complexity index is 451. The highest BCUT2D eigenvalue weighted by Crippen LogP contribution is 2.31. The molecule has 19 heavy (non-hydrogen) atoms. The standard InChI is InChI=1S/C15H24BrN3/c1-10(2)11-7-6-8-19(11)13-9-12(16)17-14(18-13)15(3,4)5/h9-11H,6-8H2,1-5H3. The zero-order chi connectivity index (χ0) is 14.2. The summed E-state index contributed by atoms with van der Waals surface area (Å²) in [6.07, 6.45) is 2.53. The second kappa shape index (κ2) is 5.39. The van der Waals surface area contributed by atoms with Gasteiger partial charge in [-0.3, -0.25) is 0 Å². The van der Waals surface area contributed by atoms with Gasteiger partial charge in [-0.25, -0.2) is 9.97 Å². The predicted octanol–water partition coefficient (Wildman–Crippen LogP) is 4.16. The Morgan fingerprint density at radius 2 is 2.00 bits per heavy atom. The van der Waals surface area contributed by atoms with Gasteiger partial charge in [-0.05, 0) is 34.7 Å². The molecule has 1 aliphatic heterocycles. The van der Waals surface area contributed by atoms with E-state index in [2.05, 4.69) is 66.5 Å². The number of nitrogens with zero attached hydrogens (tertiary/aromatic N) is 3. The third-order valence-corrected chi connectivity index (χ3v) is 4.12. The molecule has 1 unspecified atom stereocenters. The third-order valence-electron chi connectivity index (χ3n) is 3.72. The van der Waals surface area contributed by atoms with E-state index < -0.39 is 0 Å². The number of hydrogen-bond donors (Lipinski definition) is 0. The lowest BCUT2D eigenvalue weighted by molar-refractivity contribution is 0.485. The maximum Gasteiger partial charge on any atom is 0.137 e. The van der Waals surface area contributed by atoms with Crippen LogP contribution in [0.2, 0.25) is 0 Å². The molecule has 0 aliphatic carbocycles. The monoisotopic (exact) mass is 325 g/mol. The molecule has 0 saturated carbocycles. The van der Waals surface area contributed by atoms with Crippen molar-refractivity contribution in [3.8, 4) is 0 Å². The first kappa shape index (κ1) is 14.8. The Kier molecular flexibility index (Phi) is 4.19. The molecular formula is C15H24BrN3. The summed E-state index contributed by atoms with van der Waals surface area (Å²) in [5, 5.41) is 0. The predicted molar refractivity (Wildman–Crippen MR) is 83.6 cm³/mol. The van der Waals surface area contributed by atoms with E-state index in [9.17, 15) is 0 Å². The molecule has 0 N–H and O–H groups in total. The maximum absolute atomic E-state index is 4.80. The van der Waals surface area contributed by atoms with E-state index in [4.69, 9.17) is 4.98 Å². The summed E-state index contributed by atoms with van der Waals surface area (Å²) in [6, 6.07) is 2.66. The molecule has 0 bridgehead atoms. The number of anilines is 1. The van der Waals surface area contributed by atoms with Crippen molar-refractivity contribution in [3.63, 3.8) is 0 Å². The molecule has 0 aromatic carbocycles. The second-order valence-electron chi connectivity index (χ2n) is 6.77. The summed E-state index contributed by atoms with van der Waals surface area (Å²) in [4.78, 5) is 11.8. The third kappa shape index (κ3) is 3.28. The molecule has 1 saturated heterocycles. The zero-order valence-electron chi connectivity index (χ0n) is 12.6. The number of halogens is 1. The fraction of sp³-hybridized carbons (Fsp3) is 0.733. The first-order chi connectivity index (χ1) is 8.79. The fourth-order valence-corrected chi connectivity index (χ4v) is 3.03. The average molecular weight is 326 g/mol. The van der Waals surface area contributed by atoms with Gasteiger partial charge in [-0.1, -0.05) is 34.6 Å². The lowest BCUT2D eigenvalue weighted by Crippen LogP contribution is -2.34. The van der Waals surface area contributed by atoms with Crippen molar-refractivity contribution in [3.05, 3.63) is 16.5 Å². The fourth-order valence-electron chi connectivity index (χ4n) is 2.66. The van der Waals surface area contributed by atoms with Crippen LogP contribution < -0.4 is 4.90 Å². The van der Waals surface area contributed by atoms with E-state index in [1.807, 2.05) is 0 Å². The summed E-state index contributed by atoms with van der Waals surface area (Å²) in [7, 11) is 0. The first-order valence-electron chi connectivity index (χ1n) is 7.11. The van der Waals surface area contributed by atoms with Gasteiger partial charge in [0.15, 0.2) is 0 Å². The first-order valence-corrected chi connectivity index (χ1v) is 7.90. The van der Waals surface area contributed by atoms with Crippen LogP contribution in [0.4, 0.5) is 5.82 Å². The highest BCUT2D eigenvalue weighted by molar-refractivity contribution is 9.10. The number of aromatic nitrogens is 2. The van der Waals surface area contributed by atoms with Crippen LogP contribution in [0.25, 0.3) is 0 Å². The lowest BCUT2D eigenvalue weighted by Gasteiger charge is -2.30. The maximum atomic E-state index is 4.80. The summed E-state index contributed by atoms with van der Waals surface area (Å²) in [5.74, 6) is 2.64. The van der Waals surface area contributed by atoms with Crippen molar-refractivity contribution in [2.75, 3.05) is 11.4 Å². The highest BCUT2D eigenvalue weighted by atomic mass is 79.9. The van der Waals surface area contributed by atoms with E-state index in [0.29, 0.717) is 12.0 Å². The molecule has 2 heterocycles. The van der Waals surface area contributed by atoms with Crippen molar-refractivity contribution < 1.29 is 0 Å². The van der Waals surface area contributed by atoms with E-state index in [1.165, 1.54) is 12.8 Å². The van der Waals surface area contributed by atoms with Gasteiger partial charge in [0.2, 0.25) is 0 Å². The molecule has 1 aromatic heterocycles. The van der Waals surface area contributed by atoms with Crippen LogP contribution in [0.5, 0.6) is 0 Å². The van der Waals surface area contributed by atoms with Crippen molar-refractivity contribution in [1.82, 2.24) is 9.97 Å². The summed E-state index contributed by atoms with van der Waals surface area (Å²) >= 11 is 3.53. The molecule has 3 nitrogen and oxygen atoms in total. The molecule has 1 fully saturated rings. The van der Waals surface area contributed by atoms with Crippen LogP contribution in [0.1, 0.15) is 53.3 Å². The number of hydrogen-bond acceptors (Lipinski definition) is 3. The minimum atomic E-state index is -0.0222. The minimum absolute atomic E-state index is 0.0222. The van der Waals surface area contributed by atoms with Crippen LogP contribution in [-0.4, -0.2) is 22.6 Å². The van der Waals surface area contributed by atoms with Crippen molar-refractivity contribution in [1.29, 1.82) is 0 Å². The molecule has 2 rings (SSSR count). The Morgan fingerprint density at radius 3 is 2.58 bits per heavy atom. The van der Waals surface area contributed by atoms with Gasteiger partial charge < -0.3 is 4.90 Å². The molecule has 0 spiro atoms. The second-order valence-corrected chi connectivity index (χ2v) is 7.58. The van der Waals surface area contributed by atoms with Crippen molar-refractivity contribution in [2.24, 2.45) is 5.92 Å². The van der Waals surface area contributed by atoms with Gasteiger partial charge >= 0.3 is 0 Å². The van der Waals surface area contributed by atoms with Crippen molar-refractivity contribution in [2.45, 2.75) is 58.9 Å². The lowest BCUT2D eigenvalue weighted by atomic mass is 9.96. The molecule has 1 aliphatic rings. The largest absolute Gasteiger partial charge is 0.353 e. The van der Waals surface area contributed by atoms with Gasteiger partial charge in [0, 0.05) is 24.1 Å². The van der Waals surface area contributed by atoms with Crippen LogP contribution in [0.3, 0.4) is 0 Å². The van der Waals surface area contributed by atoms with Crippen LogP contribution >= 0.6 is 15.9 Å². The molecule has 1 aromatic rings. The highest BCUT2D eigenvalue weighted by Gasteiger charge is 2.29. The zero-order valence-corrected chi connectivity index (χ0v) is 14.2. The summed E-state index contributed by atoms with van der Waals surface area (Å²) in [6.45, 7) is 12.2. The summed E-state index contributed by atoms with van der Waals surface area (Å²) in [5.41, 5.74) is -0.0222. The topological polar surface area (TPSA) is 29.0 Å². The van der Waals surface area contributed by atoms with Crippen LogP contribution in [0.15, 0.2) is 10.7 Å². The van der Waals surface area contributed by atoms with Crippen LogP contribution in [0, 0.1) is 5.92 Å². The molecule has 0 radical (unpaired) electrons. The summed E-state index contributed by atoms with van der Waals surface area (Å²) < 4.78 is 0.886. The number of rotatable bonds is 2. The Labute approximate surface area is 125 Å². The van der Waals surface area contributed by atoms with E-state index in [-0.39, 0.29) is 5.41 Å². The van der Waals surface area contributed by atoms with Gasteiger partial charge in [0.1, 0.15) is 16.2 Å². The van der Waals surface area contributed by atoms with Crippen LogP contribution in [-0.2, 0) is 5.41 Å². The Balaban J connectivity index is 2.37.